The lowest BCUT2D eigenvalue weighted by molar-refractivity contribution is 0.245. The number of nitrogens with one attached hydrogen (secondary N) is 2. The van der Waals surface area contributed by atoms with E-state index in [9.17, 15) is 9.18 Å². The Morgan fingerprint density at radius 3 is 2.62 bits per heavy atom. The van der Waals surface area contributed by atoms with Crippen LogP contribution in [0.25, 0.3) is 11.4 Å². The highest BCUT2D eigenvalue weighted by Crippen LogP contribution is 2.19. The molecule has 3 aromatic rings. The Labute approximate surface area is 136 Å². The standard InChI is InChI=1S/C15H14FN5O3/c1-8-7-12(20-23-8)18-15(22)17-9(2)14-19-13(21-24-14)10-3-5-11(16)6-4-10/h3-7,9H,1-2H3,(H2,17,18,20,22)/t9-/m1/s1. The molecule has 1 atom stereocenters. The zero-order valence-corrected chi connectivity index (χ0v) is 12.9. The number of rotatable bonds is 4. The van der Waals surface area contributed by atoms with Crippen LogP contribution in [0.1, 0.15) is 24.6 Å². The maximum atomic E-state index is 12.9. The van der Waals surface area contributed by atoms with Crippen LogP contribution in [0, 0.1) is 12.7 Å². The lowest BCUT2D eigenvalue weighted by Gasteiger charge is -2.09. The van der Waals surface area contributed by atoms with Gasteiger partial charge in [0, 0.05) is 11.6 Å². The van der Waals surface area contributed by atoms with Crippen molar-refractivity contribution in [1.29, 1.82) is 0 Å². The van der Waals surface area contributed by atoms with Crippen molar-refractivity contribution in [3.05, 3.63) is 47.8 Å². The molecule has 2 aromatic heterocycles. The van der Waals surface area contributed by atoms with Gasteiger partial charge in [0.1, 0.15) is 17.6 Å². The van der Waals surface area contributed by atoms with E-state index in [1.807, 2.05) is 0 Å². The fraction of sp³-hybridized carbons (Fsp3) is 0.200. The molecule has 2 N–H and O–H groups in total. The number of benzene rings is 1. The molecule has 0 bridgehead atoms. The van der Waals surface area contributed by atoms with Crippen LogP contribution < -0.4 is 10.6 Å². The molecule has 0 saturated heterocycles. The van der Waals surface area contributed by atoms with Crippen molar-refractivity contribution in [3.63, 3.8) is 0 Å². The van der Waals surface area contributed by atoms with Crippen LogP contribution in [0.5, 0.6) is 0 Å². The van der Waals surface area contributed by atoms with Crippen LogP contribution in [-0.4, -0.2) is 21.3 Å². The monoisotopic (exact) mass is 331 g/mol. The summed E-state index contributed by atoms with van der Waals surface area (Å²) in [6, 6.07) is 6.27. The summed E-state index contributed by atoms with van der Waals surface area (Å²) >= 11 is 0. The predicted octanol–water partition coefficient (Wildman–Crippen LogP) is 3.05. The summed E-state index contributed by atoms with van der Waals surface area (Å²) in [6.07, 6.45) is 0. The minimum absolute atomic E-state index is 0.223. The van der Waals surface area contributed by atoms with Crippen molar-refractivity contribution < 1.29 is 18.2 Å². The summed E-state index contributed by atoms with van der Waals surface area (Å²) in [5, 5.41) is 12.6. The van der Waals surface area contributed by atoms with Crippen LogP contribution in [0.3, 0.4) is 0 Å². The first kappa shape index (κ1) is 15.7. The van der Waals surface area contributed by atoms with Crippen LogP contribution in [-0.2, 0) is 0 Å². The van der Waals surface area contributed by atoms with E-state index in [-0.39, 0.29) is 11.7 Å². The van der Waals surface area contributed by atoms with Gasteiger partial charge >= 0.3 is 6.03 Å². The average molecular weight is 331 g/mol. The van der Waals surface area contributed by atoms with Crippen LogP contribution in [0.2, 0.25) is 0 Å². The number of aryl methyl sites for hydroxylation is 1. The maximum Gasteiger partial charge on any atom is 0.321 e. The number of amides is 2. The molecule has 0 saturated carbocycles. The number of hydrogen-bond acceptors (Lipinski definition) is 6. The summed E-state index contributed by atoms with van der Waals surface area (Å²) < 4.78 is 22.9. The quantitative estimate of drug-likeness (QED) is 0.761. The van der Waals surface area contributed by atoms with Crippen molar-refractivity contribution in [2.24, 2.45) is 0 Å². The van der Waals surface area contributed by atoms with Crippen molar-refractivity contribution in [2.75, 3.05) is 5.32 Å². The first-order chi connectivity index (χ1) is 11.5. The van der Waals surface area contributed by atoms with Gasteiger partial charge in [-0.3, -0.25) is 5.32 Å². The molecule has 0 fully saturated rings. The Hall–Kier alpha value is -3.23. The minimum atomic E-state index is -0.528. The Bertz CT molecular complexity index is 843. The first-order valence-corrected chi connectivity index (χ1v) is 7.11. The summed E-state index contributed by atoms with van der Waals surface area (Å²) in [6.45, 7) is 3.41. The van der Waals surface area contributed by atoms with Crippen LogP contribution in [0.4, 0.5) is 15.0 Å². The van der Waals surface area contributed by atoms with Gasteiger partial charge in [-0.2, -0.15) is 4.98 Å². The fourth-order valence-electron chi connectivity index (χ4n) is 1.96. The minimum Gasteiger partial charge on any atom is -0.360 e. The first-order valence-electron chi connectivity index (χ1n) is 7.11. The Balaban J connectivity index is 1.64. The highest BCUT2D eigenvalue weighted by atomic mass is 19.1. The number of carbonyl (C=O) groups is 1. The highest BCUT2D eigenvalue weighted by Gasteiger charge is 2.18. The van der Waals surface area contributed by atoms with E-state index < -0.39 is 12.1 Å². The van der Waals surface area contributed by atoms with E-state index in [0.717, 1.165) is 0 Å². The molecule has 3 rings (SSSR count). The molecule has 2 amide bonds. The molecule has 0 aliphatic heterocycles. The molecule has 0 aliphatic carbocycles. The number of aromatic nitrogens is 3. The molecular formula is C15H14FN5O3. The normalized spacial score (nSPS) is 12.0. The largest absolute Gasteiger partial charge is 0.360 e. The number of hydrogen-bond donors (Lipinski definition) is 2. The Morgan fingerprint density at radius 1 is 1.21 bits per heavy atom. The molecule has 8 nitrogen and oxygen atoms in total. The van der Waals surface area contributed by atoms with E-state index >= 15 is 0 Å². The zero-order valence-electron chi connectivity index (χ0n) is 12.9. The van der Waals surface area contributed by atoms with Crippen LogP contribution >= 0.6 is 0 Å². The van der Waals surface area contributed by atoms with Gasteiger partial charge in [-0.1, -0.05) is 10.3 Å². The molecule has 0 radical (unpaired) electrons. The maximum absolute atomic E-state index is 12.9. The molecule has 0 unspecified atom stereocenters. The number of carbonyl (C=O) groups excluding carboxylic acids is 1. The number of halogens is 1. The predicted molar refractivity (Wildman–Crippen MR) is 81.5 cm³/mol. The smallest absolute Gasteiger partial charge is 0.321 e. The van der Waals surface area contributed by atoms with Gasteiger partial charge < -0.3 is 14.4 Å². The third kappa shape index (κ3) is 3.57. The van der Waals surface area contributed by atoms with E-state index in [0.29, 0.717) is 23.0 Å². The number of urea groups is 1. The second kappa shape index (κ2) is 6.49. The van der Waals surface area contributed by atoms with Crippen molar-refractivity contribution >= 4 is 11.8 Å². The summed E-state index contributed by atoms with van der Waals surface area (Å²) in [5.74, 6) is 1.07. The summed E-state index contributed by atoms with van der Waals surface area (Å²) in [7, 11) is 0. The summed E-state index contributed by atoms with van der Waals surface area (Å²) in [5.41, 5.74) is 0.612. The molecule has 24 heavy (non-hydrogen) atoms. The molecule has 9 heteroatoms. The third-order valence-corrected chi connectivity index (χ3v) is 3.13. The van der Waals surface area contributed by atoms with Crippen molar-refractivity contribution in [2.45, 2.75) is 19.9 Å². The molecule has 2 heterocycles. The summed E-state index contributed by atoms with van der Waals surface area (Å²) in [4.78, 5) is 16.1. The Morgan fingerprint density at radius 2 is 1.96 bits per heavy atom. The second-order valence-electron chi connectivity index (χ2n) is 5.11. The molecule has 0 spiro atoms. The van der Waals surface area contributed by atoms with Crippen molar-refractivity contribution in [3.8, 4) is 11.4 Å². The van der Waals surface area contributed by atoms with Gasteiger partial charge in [0.15, 0.2) is 5.82 Å². The van der Waals surface area contributed by atoms with Crippen LogP contribution in [0.15, 0.2) is 39.4 Å². The average Bonchev–Trinajstić information content (AvgIpc) is 3.17. The van der Waals surface area contributed by atoms with E-state index in [1.54, 1.807) is 32.0 Å². The Kier molecular flexibility index (Phi) is 4.23. The van der Waals surface area contributed by atoms with E-state index in [1.165, 1.54) is 12.1 Å². The van der Waals surface area contributed by atoms with Gasteiger partial charge in [-0.25, -0.2) is 9.18 Å². The van der Waals surface area contributed by atoms with Gasteiger partial charge in [0.05, 0.1) is 0 Å². The van der Waals surface area contributed by atoms with Gasteiger partial charge in [0.2, 0.25) is 11.7 Å². The third-order valence-electron chi connectivity index (χ3n) is 3.13. The number of nitrogens with zero attached hydrogens (tertiary/aromatic N) is 3. The van der Waals surface area contributed by atoms with Gasteiger partial charge in [0.25, 0.3) is 0 Å². The highest BCUT2D eigenvalue weighted by molar-refractivity contribution is 5.88. The van der Waals surface area contributed by atoms with Gasteiger partial charge in [-0.15, -0.1) is 0 Å². The van der Waals surface area contributed by atoms with E-state index in [2.05, 4.69) is 25.9 Å². The molecule has 1 aromatic carbocycles. The zero-order chi connectivity index (χ0) is 17.1. The second-order valence-corrected chi connectivity index (χ2v) is 5.11. The lowest BCUT2D eigenvalue weighted by atomic mass is 10.2. The van der Waals surface area contributed by atoms with Gasteiger partial charge in [-0.05, 0) is 38.1 Å². The number of anilines is 1. The molecule has 124 valence electrons. The topological polar surface area (TPSA) is 106 Å². The molecular weight excluding hydrogens is 317 g/mol. The fourth-order valence-corrected chi connectivity index (χ4v) is 1.96. The molecule has 0 aliphatic rings. The van der Waals surface area contributed by atoms with E-state index in [4.69, 9.17) is 9.05 Å². The lowest BCUT2D eigenvalue weighted by Crippen LogP contribution is -2.31. The van der Waals surface area contributed by atoms with Crippen molar-refractivity contribution in [1.82, 2.24) is 20.6 Å². The SMILES string of the molecule is Cc1cc(NC(=O)N[C@H](C)c2nc(-c3ccc(F)cc3)no2)no1.